The van der Waals surface area contributed by atoms with Crippen LogP contribution in [-0.2, 0) is 16.1 Å². The number of esters is 1. The van der Waals surface area contributed by atoms with E-state index in [9.17, 15) is 13.6 Å². The Bertz CT molecular complexity index is 706. The van der Waals surface area contributed by atoms with Gasteiger partial charge in [0.15, 0.2) is 17.5 Å². The second-order valence-corrected chi connectivity index (χ2v) is 6.55. The molecule has 2 atom stereocenters. The van der Waals surface area contributed by atoms with Gasteiger partial charge in [-0.3, -0.25) is 4.79 Å². The lowest BCUT2D eigenvalue weighted by Gasteiger charge is -2.21. The highest BCUT2D eigenvalue weighted by Gasteiger charge is 2.36. The number of nitrogens with zero attached hydrogens (tertiary/aromatic N) is 2. The van der Waals surface area contributed by atoms with Crippen molar-refractivity contribution in [1.29, 1.82) is 0 Å². The molecule has 0 aromatic heterocycles. The third-order valence-electron chi connectivity index (χ3n) is 4.61. The zero-order valence-corrected chi connectivity index (χ0v) is 19.3. The molecule has 1 fully saturated rings. The maximum Gasteiger partial charge on any atom is 0.387 e. The first kappa shape index (κ1) is 25.2. The number of likely N-dealkylation sites (tertiary alicyclic amines) is 1. The Morgan fingerprint density at radius 3 is 2.62 bits per heavy atom. The summed E-state index contributed by atoms with van der Waals surface area (Å²) in [4.78, 5) is 18.5. The van der Waals surface area contributed by atoms with E-state index in [-0.39, 0.29) is 59.8 Å². The largest absolute Gasteiger partial charge is 0.493 e. The number of carbonyl (C=O) groups is 1. The highest BCUT2D eigenvalue weighted by Crippen LogP contribution is 2.30. The van der Waals surface area contributed by atoms with Crippen LogP contribution in [0, 0.1) is 11.8 Å². The van der Waals surface area contributed by atoms with Gasteiger partial charge in [-0.05, 0) is 30.5 Å². The standard InChI is InChI=1S/C19H27F2N3O4.HI/c1-5-22-19(24-10-12(2)14(11-24)17(25)27-4)23-9-13-6-7-15(26-3)16(8-13)28-18(20)21;/h6-8,12,14,18H,5,9-11H2,1-4H3,(H,22,23);1H. The van der Waals surface area contributed by atoms with Crippen LogP contribution in [0.2, 0.25) is 0 Å². The third-order valence-corrected chi connectivity index (χ3v) is 4.61. The molecule has 0 saturated carbocycles. The van der Waals surface area contributed by atoms with E-state index in [0.717, 1.165) is 0 Å². The van der Waals surface area contributed by atoms with Gasteiger partial charge in [0.25, 0.3) is 0 Å². The zero-order valence-electron chi connectivity index (χ0n) is 17.0. The van der Waals surface area contributed by atoms with Crippen molar-refractivity contribution in [3.05, 3.63) is 23.8 Å². The molecule has 0 radical (unpaired) electrons. The Hall–Kier alpha value is -1.85. The van der Waals surface area contributed by atoms with Gasteiger partial charge in [-0.15, -0.1) is 24.0 Å². The van der Waals surface area contributed by atoms with E-state index < -0.39 is 6.61 Å². The highest BCUT2D eigenvalue weighted by atomic mass is 127. The van der Waals surface area contributed by atoms with E-state index >= 15 is 0 Å². The van der Waals surface area contributed by atoms with Gasteiger partial charge < -0.3 is 24.4 Å². The summed E-state index contributed by atoms with van der Waals surface area (Å²) in [5, 5.41) is 3.21. The number of hydrogen-bond acceptors (Lipinski definition) is 5. The van der Waals surface area contributed by atoms with Crippen LogP contribution in [0.3, 0.4) is 0 Å². The van der Waals surface area contributed by atoms with Crippen molar-refractivity contribution >= 4 is 35.9 Å². The Morgan fingerprint density at radius 1 is 1.31 bits per heavy atom. The molecule has 7 nitrogen and oxygen atoms in total. The number of hydrogen-bond donors (Lipinski definition) is 1. The van der Waals surface area contributed by atoms with E-state index in [1.54, 1.807) is 12.1 Å². The molecule has 1 aromatic rings. The van der Waals surface area contributed by atoms with Crippen molar-refractivity contribution in [2.24, 2.45) is 16.8 Å². The molecule has 1 aromatic carbocycles. The molecule has 1 saturated heterocycles. The molecule has 10 heteroatoms. The Morgan fingerprint density at radius 2 is 2.03 bits per heavy atom. The first-order valence-corrected chi connectivity index (χ1v) is 9.12. The molecule has 1 heterocycles. The minimum atomic E-state index is -2.94. The maximum absolute atomic E-state index is 12.6. The van der Waals surface area contributed by atoms with E-state index in [1.165, 1.54) is 20.3 Å². The average molecular weight is 527 g/mol. The van der Waals surface area contributed by atoms with Crippen LogP contribution < -0.4 is 14.8 Å². The lowest BCUT2D eigenvalue weighted by molar-refractivity contribution is -0.146. The van der Waals surface area contributed by atoms with Crippen molar-refractivity contribution in [3.8, 4) is 11.5 Å². The first-order chi connectivity index (χ1) is 13.4. The van der Waals surface area contributed by atoms with Gasteiger partial charge in [0.2, 0.25) is 0 Å². The van der Waals surface area contributed by atoms with Crippen molar-refractivity contribution < 1.29 is 27.8 Å². The van der Waals surface area contributed by atoms with Crippen LogP contribution in [0.5, 0.6) is 11.5 Å². The van der Waals surface area contributed by atoms with Gasteiger partial charge in [-0.25, -0.2) is 4.99 Å². The molecule has 0 spiro atoms. The quantitative estimate of drug-likeness (QED) is 0.255. The van der Waals surface area contributed by atoms with Crippen LogP contribution >= 0.6 is 24.0 Å². The Kier molecular flexibility index (Phi) is 10.4. The van der Waals surface area contributed by atoms with Gasteiger partial charge in [0.05, 0.1) is 26.7 Å². The predicted octanol–water partition coefficient (Wildman–Crippen LogP) is 3.12. The van der Waals surface area contributed by atoms with Crippen molar-refractivity contribution in [1.82, 2.24) is 10.2 Å². The first-order valence-electron chi connectivity index (χ1n) is 9.12. The number of rotatable bonds is 7. The molecule has 1 aliphatic rings. The number of methoxy groups -OCH3 is 2. The van der Waals surface area contributed by atoms with Crippen molar-refractivity contribution in [2.45, 2.75) is 27.0 Å². The minimum Gasteiger partial charge on any atom is -0.493 e. The molecule has 164 valence electrons. The van der Waals surface area contributed by atoms with Gasteiger partial charge in [0, 0.05) is 19.6 Å². The number of halogens is 3. The van der Waals surface area contributed by atoms with Crippen molar-refractivity contribution in [2.75, 3.05) is 33.9 Å². The smallest absolute Gasteiger partial charge is 0.387 e. The van der Waals surface area contributed by atoms with E-state index in [1.807, 2.05) is 18.7 Å². The van der Waals surface area contributed by atoms with E-state index in [4.69, 9.17) is 9.47 Å². The summed E-state index contributed by atoms with van der Waals surface area (Å²) in [7, 11) is 2.78. The minimum absolute atomic E-state index is 0. The van der Waals surface area contributed by atoms with Crippen LogP contribution in [0.1, 0.15) is 19.4 Å². The van der Waals surface area contributed by atoms with Gasteiger partial charge in [-0.2, -0.15) is 8.78 Å². The summed E-state index contributed by atoms with van der Waals surface area (Å²) in [5.41, 5.74) is 0.698. The van der Waals surface area contributed by atoms with Crippen LogP contribution in [0.15, 0.2) is 23.2 Å². The molecule has 1 aliphatic heterocycles. The molecule has 0 aliphatic carbocycles. The maximum atomic E-state index is 12.6. The van der Waals surface area contributed by atoms with Gasteiger partial charge in [-0.1, -0.05) is 13.0 Å². The molecule has 0 amide bonds. The molecule has 2 rings (SSSR count). The Balaban J connectivity index is 0.00000420. The summed E-state index contributed by atoms with van der Waals surface area (Å²) < 4.78 is 39.6. The Labute approximate surface area is 186 Å². The van der Waals surface area contributed by atoms with Crippen LogP contribution in [0.4, 0.5) is 8.78 Å². The lowest BCUT2D eigenvalue weighted by atomic mass is 9.99. The fraction of sp³-hybridized carbons (Fsp3) is 0.579. The molecule has 2 unspecified atom stereocenters. The van der Waals surface area contributed by atoms with Crippen LogP contribution in [-0.4, -0.2) is 57.3 Å². The van der Waals surface area contributed by atoms with Gasteiger partial charge >= 0.3 is 12.6 Å². The summed E-state index contributed by atoms with van der Waals surface area (Å²) in [6, 6.07) is 4.80. The predicted molar refractivity (Wildman–Crippen MR) is 116 cm³/mol. The molecule has 0 bridgehead atoms. The van der Waals surface area contributed by atoms with E-state index in [0.29, 0.717) is 31.2 Å². The molecule has 29 heavy (non-hydrogen) atoms. The number of guanidine groups is 1. The fourth-order valence-electron chi connectivity index (χ4n) is 3.20. The zero-order chi connectivity index (χ0) is 20.7. The summed E-state index contributed by atoms with van der Waals surface area (Å²) in [6.45, 7) is 3.13. The van der Waals surface area contributed by atoms with Gasteiger partial charge in [0.1, 0.15) is 0 Å². The SMILES string of the molecule is CCNC(=NCc1ccc(OC)c(OC(F)F)c1)N1CC(C)C(C(=O)OC)C1.I. The summed E-state index contributed by atoms with van der Waals surface area (Å²) in [6.07, 6.45) is 0. The number of nitrogens with one attached hydrogen (secondary N) is 1. The number of alkyl halides is 2. The number of benzene rings is 1. The molecular formula is C19H28F2IN3O4. The number of ether oxygens (including phenoxy) is 3. The molecular weight excluding hydrogens is 499 g/mol. The fourth-order valence-corrected chi connectivity index (χ4v) is 3.20. The topological polar surface area (TPSA) is 72.4 Å². The highest BCUT2D eigenvalue weighted by molar-refractivity contribution is 14.0. The normalized spacial score (nSPS) is 19.0. The van der Waals surface area contributed by atoms with E-state index in [2.05, 4.69) is 15.0 Å². The third kappa shape index (κ3) is 6.86. The van der Waals surface area contributed by atoms with Crippen LogP contribution in [0.25, 0.3) is 0 Å². The summed E-state index contributed by atoms with van der Waals surface area (Å²) >= 11 is 0. The monoisotopic (exact) mass is 527 g/mol. The molecule has 1 N–H and O–H groups in total. The second kappa shape index (κ2) is 12.0. The summed E-state index contributed by atoms with van der Waals surface area (Å²) in [5.74, 6) is 0.567. The second-order valence-electron chi connectivity index (χ2n) is 6.55. The number of aliphatic imine (C=N–C) groups is 1. The average Bonchev–Trinajstić information content (AvgIpc) is 3.05. The van der Waals surface area contributed by atoms with Crippen molar-refractivity contribution in [3.63, 3.8) is 0 Å². The lowest BCUT2D eigenvalue weighted by Crippen LogP contribution is -2.40. The number of carbonyl (C=O) groups excluding carboxylic acids is 1.